The van der Waals surface area contributed by atoms with Crippen molar-refractivity contribution >= 4 is 21.9 Å². The number of hydrogen-bond acceptors (Lipinski definition) is 6. The van der Waals surface area contributed by atoms with Crippen molar-refractivity contribution in [1.82, 2.24) is 9.21 Å². The van der Waals surface area contributed by atoms with Crippen molar-refractivity contribution < 1.29 is 27.2 Å². The highest BCUT2D eigenvalue weighted by atomic mass is 32.2. The zero-order chi connectivity index (χ0) is 24.7. The lowest BCUT2D eigenvalue weighted by Crippen LogP contribution is -2.52. The Labute approximate surface area is 200 Å². The second kappa shape index (κ2) is 8.85. The Morgan fingerprint density at radius 1 is 1.00 bits per heavy atom. The molecule has 8 nitrogen and oxygen atoms in total. The van der Waals surface area contributed by atoms with E-state index >= 15 is 0 Å². The average molecular weight is 489 g/mol. The predicted octanol–water partition coefficient (Wildman–Crippen LogP) is 3.32. The molecule has 0 spiro atoms. The monoisotopic (exact) mass is 488 g/mol. The molecule has 0 atom stereocenters. The van der Waals surface area contributed by atoms with E-state index in [1.54, 1.807) is 11.8 Å². The fourth-order valence-corrected chi connectivity index (χ4v) is 5.71. The molecule has 1 aliphatic heterocycles. The number of amides is 1. The minimum absolute atomic E-state index is 0.0478. The topological polar surface area (TPSA) is 97.1 Å². The number of furan rings is 1. The number of esters is 1. The summed E-state index contributed by atoms with van der Waals surface area (Å²) in [7, 11) is -3.91. The Kier molecular flexibility index (Phi) is 6.37. The van der Waals surface area contributed by atoms with Gasteiger partial charge in [-0.3, -0.25) is 4.79 Å². The zero-order valence-corrected chi connectivity index (χ0v) is 21.0. The van der Waals surface area contributed by atoms with Gasteiger partial charge in [-0.15, -0.1) is 0 Å². The van der Waals surface area contributed by atoms with Crippen molar-refractivity contribution in [2.75, 3.05) is 32.8 Å². The maximum Gasteiger partial charge on any atom is 0.374 e. The summed E-state index contributed by atoms with van der Waals surface area (Å²) in [6, 6.07) is 10.9. The van der Waals surface area contributed by atoms with Crippen molar-refractivity contribution in [2.24, 2.45) is 0 Å². The summed E-state index contributed by atoms with van der Waals surface area (Å²) < 4.78 is 37.4. The zero-order valence-electron chi connectivity index (χ0n) is 20.2. The van der Waals surface area contributed by atoms with Gasteiger partial charge in [0.15, 0.2) is 0 Å². The Morgan fingerprint density at radius 3 is 2.15 bits per heavy atom. The smallest absolute Gasteiger partial charge is 0.374 e. The molecule has 9 heteroatoms. The molecule has 0 radical (unpaired) electrons. The number of rotatable bonds is 6. The molecule has 1 saturated carbocycles. The molecule has 2 heterocycles. The molecule has 34 heavy (non-hydrogen) atoms. The lowest BCUT2D eigenvalue weighted by Gasteiger charge is -2.35. The highest BCUT2D eigenvalue weighted by molar-refractivity contribution is 7.89. The fourth-order valence-electron chi connectivity index (χ4n) is 4.37. The molecule has 1 aliphatic carbocycles. The molecule has 2 aliphatic rings. The number of piperazine rings is 1. The second-order valence-electron chi connectivity index (χ2n) is 9.94. The standard InChI is InChI=1S/C25H32N2O6S/c1-5-32-22(28)20-10-11-21(33-20)34(30,31)27-16-14-26(15-17-27)23(29)25(12-13-25)19-8-6-18(7-9-19)24(2,3)4/h6-11H,5,12-17H2,1-4H3. The molecule has 0 N–H and O–H groups in total. The largest absolute Gasteiger partial charge is 0.460 e. The van der Waals surface area contributed by atoms with E-state index in [1.807, 2.05) is 0 Å². The van der Waals surface area contributed by atoms with Gasteiger partial charge in [-0.25, -0.2) is 13.2 Å². The van der Waals surface area contributed by atoms with E-state index < -0.39 is 21.4 Å². The molecule has 4 rings (SSSR count). The van der Waals surface area contributed by atoms with Crippen LogP contribution in [-0.4, -0.2) is 62.3 Å². The van der Waals surface area contributed by atoms with Crippen LogP contribution in [0.15, 0.2) is 45.9 Å². The van der Waals surface area contributed by atoms with Crippen molar-refractivity contribution in [3.05, 3.63) is 53.3 Å². The maximum atomic E-state index is 13.4. The van der Waals surface area contributed by atoms with Crippen molar-refractivity contribution in [3.63, 3.8) is 0 Å². The Hall–Kier alpha value is -2.65. The van der Waals surface area contributed by atoms with Gasteiger partial charge in [0.25, 0.3) is 10.0 Å². The fraction of sp³-hybridized carbons (Fsp3) is 0.520. The van der Waals surface area contributed by atoms with Crippen molar-refractivity contribution in [1.29, 1.82) is 0 Å². The minimum atomic E-state index is -3.91. The summed E-state index contributed by atoms with van der Waals surface area (Å²) in [5.41, 5.74) is 1.81. The van der Waals surface area contributed by atoms with Crippen LogP contribution in [0.3, 0.4) is 0 Å². The van der Waals surface area contributed by atoms with E-state index in [2.05, 4.69) is 45.0 Å². The van der Waals surface area contributed by atoms with Gasteiger partial charge in [0, 0.05) is 26.2 Å². The predicted molar refractivity (Wildman–Crippen MR) is 126 cm³/mol. The van der Waals surface area contributed by atoms with Crippen LogP contribution in [0.1, 0.15) is 62.2 Å². The van der Waals surface area contributed by atoms with Gasteiger partial charge in [0.2, 0.25) is 16.8 Å². The molecule has 1 aromatic heterocycles. The number of nitrogens with zero attached hydrogens (tertiary/aromatic N) is 2. The first kappa shape index (κ1) is 24.5. The molecular weight excluding hydrogens is 456 g/mol. The third kappa shape index (κ3) is 4.51. The minimum Gasteiger partial charge on any atom is -0.460 e. The lowest BCUT2D eigenvalue weighted by atomic mass is 9.84. The molecule has 0 unspecified atom stereocenters. The summed E-state index contributed by atoms with van der Waals surface area (Å²) >= 11 is 0. The Balaban J connectivity index is 1.41. The lowest BCUT2D eigenvalue weighted by molar-refractivity contribution is -0.135. The highest BCUT2D eigenvalue weighted by Gasteiger charge is 2.53. The maximum absolute atomic E-state index is 13.4. The van der Waals surface area contributed by atoms with Crippen LogP contribution in [0, 0.1) is 0 Å². The summed E-state index contributed by atoms with van der Waals surface area (Å²) in [5.74, 6) is -0.789. The summed E-state index contributed by atoms with van der Waals surface area (Å²) in [5, 5.41) is -0.298. The number of benzene rings is 1. The normalized spacial score (nSPS) is 18.5. The molecule has 2 aromatic rings. The van der Waals surface area contributed by atoms with Crippen LogP contribution in [0.4, 0.5) is 0 Å². The van der Waals surface area contributed by atoms with Crippen LogP contribution in [0.25, 0.3) is 0 Å². The number of carbonyl (C=O) groups excluding carboxylic acids is 2. The summed E-state index contributed by atoms with van der Waals surface area (Å²) in [4.78, 5) is 27.0. The number of ether oxygens (including phenoxy) is 1. The first-order valence-corrected chi connectivity index (χ1v) is 13.1. The van der Waals surface area contributed by atoms with Gasteiger partial charge in [-0.05, 0) is 48.4 Å². The van der Waals surface area contributed by atoms with Gasteiger partial charge < -0.3 is 14.1 Å². The van der Waals surface area contributed by atoms with Crippen LogP contribution in [-0.2, 0) is 30.4 Å². The SMILES string of the molecule is CCOC(=O)c1ccc(S(=O)(=O)N2CCN(C(=O)C3(c4ccc(C(C)(C)C)cc4)CC3)CC2)o1. The van der Waals surface area contributed by atoms with E-state index in [0.717, 1.165) is 18.4 Å². The molecule has 1 amide bonds. The first-order valence-electron chi connectivity index (χ1n) is 11.7. The second-order valence-corrected chi connectivity index (χ2v) is 11.8. The average Bonchev–Trinajstić information content (AvgIpc) is 3.46. The Bertz CT molecular complexity index is 1160. The molecule has 184 valence electrons. The summed E-state index contributed by atoms with van der Waals surface area (Å²) in [6.45, 7) is 9.27. The van der Waals surface area contributed by atoms with E-state index in [4.69, 9.17) is 9.15 Å². The van der Waals surface area contributed by atoms with E-state index in [-0.39, 0.29) is 41.9 Å². The van der Waals surface area contributed by atoms with Crippen LogP contribution < -0.4 is 0 Å². The van der Waals surface area contributed by atoms with Crippen LogP contribution >= 0.6 is 0 Å². The quantitative estimate of drug-likeness (QED) is 0.579. The van der Waals surface area contributed by atoms with Gasteiger partial charge in [0.05, 0.1) is 12.0 Å². The van der Waals surface area contributed by atoms with Gasteiger partial charge in [-0.2, -0.15) is 4.31 Å². The third-order valence-electron chi connectivity index (χ3n) is 6.64. The number of hydrogen-bond donors (Lipinski definition) is 0. The van der Waals surface area contributed by atoms with E-state index in [9.17, 15) is 18.0 Å². The van der Waals surface area contributed by atoms with E-state index in [1.165, 1.54) is 22.0 Å². The van der Waals surface area contributed by atoms with Crippen LogP contribution in [0.5, 0.6) is 0 Å². The van der Waals surface area contributed by atoms with Gasteiger partial charge in [0.1, 0.15) is 0 Å². The third-order valence-corrected chi connectivity index (χ3v) is 8.41. The number of sulfonamides is 1. The van der Waals surface area contributed by atoms with E-state index in [0.29, 0.717) is 13.1 Å². The number of carbonyl (C=O) groups is 2. The summed E-state index contributed by atoms with van der Waals surface area (Å²) in [6.07, 6.45) is 1.62. The molecular formula is C25H32N2O6S. The highest BCUT2D eigenvalue weighted by Crippen LogP contribution is 2.50. The molecule has 2 fully saturated rings. The molecule has 0 bridgehead atoms. The Morgan fingerprint density at radius 2 is 1.62 bits per heavy atom. The molecule has 1 aromatic carbocycles. The molecule has 1 saturated heterocycles. The first-order chi connectivity index (χ1) is 16.0. The van der Waals surface area contributed by atoms with Crippen LogP contribution in [0.2, 0.25) is 0 Å². The van der Waals surface area contributed by atoms with Gasteiger partial charge in [-0.1, -0.05) is 45.0 Å². The van der Waals surface area contributed by atoms with Crippen molar-refractivity contribution in [3.8, 4) is 0 Å². The van der Waals surface area contributed by atoms with Crippen molar-refractivity contribution in [2.45, 2.75) is 56.5 Å². The van der Waals surface area contributed by atoms with Gasteiger partial charge >= 0.3 is 5.97 Å².